The molecule has 0 spiro atoms. The first-order valence-corrected chi connectivity index (χ1v) is 6.97. The Hall–Kier alpha value is -1.23. The first kappa shape index (κ1) is 13.8. The zero-order valence-electron chi connectivity index (χ0n) is 10.6. The maximum Gasteiger partial charge on any atom is 0.159 e. The smallest absolute Gasteiger partial charge is 0.159 e. The van der Waals surface area contributed by atoms with E-state index in [0.717, 1.165) is 0 Å². The molecule has 0 heterocycles. The number of nitrogen functional groups attached to an aromatic ring is 1. The van der Waals surface area contributed by atoms with Crippen LogP contribution in [-0.2, 0) is 15.6 Å². The van der Waals surface area contributed by atoms with Crippen LogP contribution in [0.15, 0.2) is 18.2 Å². The van der Waals surface area contributed by atoms with Gasteiger partial charge in [0.25, 0.3) is 0 Å². The maximum atomic E-state index is 12.1. The van der Waals surface area contributed by atoms with Crippen LogP contribution in [0.1, 0.15) is 26.3 Å². The van der Waals surface area contributed by atoms with Crippen LogP contribution in [-0.4, -0.2) is 20.3 Å². The molecule has 0 fully saturated rings. The Kier molecular flexibility index (Phi) is 3.71. The number of benzene rings is 1. The number of sulfone groups is 1. The Labute approximate surface area is 103 Å². The summed E-state index contributed by atoms with van der Waals surface area (Å²) in [6, 6.07) is 5.01. The van der Waals surface area contributed by atoms with Crippen molar-refractivity contribution in [2.75, 3.05) is 12.8 Å². The third kappa shape index (κ3) is 3.12. The second kappa shape index (κ2) is 4.56. The molecule has 0 aliphatic rings. The lowest BCUT2D eigenvalue weighted by Crippen LogP contribution is -2.29. The van der Waals surface area contributed by atoms with E-state index in [1.54, 1.807) is 39.0 Å². The minimum absolute atomic E-state index is 0.0648. The molecule has 1 rings (SSSR count). The van der Waals surface area contributed by atoms with E-state index in [4.69, 9.17) is 10.5 Å². The van der Waals surface area contributed by atoms with Gasteiger partial charge in [-0.1, -0.05) is 0 Å². The lowest BCUT2D eigenvalue weighted by molar-refractivity contribution is 0.411. The second-order valence-electron chi connectivity index (χ2n) is 4.94. The third-order valence-electron chi connectivity index (χ3n) is 2.58. The van der Waals surface area contributed by atoms with Gasteiger partial charge in [0.05, 0.1) is 17.6 Å². The van der Waals surface area contributed by atoms with Crippen LogP contribution >= 0.6 is 0 Å². The van der Waals surface area contributed by atoms with Gasteiger partial charge in [-0.05, 0) is 39.0 Å². The van der Waals surface area contributed by atoms with Crippen molar-refractivity contribution >= 4 is 15.5 Å². The zero-order chi connectivity index (χ0) is 13.3. The molecule has 96 valence electrons. The molecule has 0 saturated carbocycles. The van der Waals surface area contributed by atoms with E-state index >= 15 is 0 Å². The molecule has 0 radical (unpaired) electrons. The van der Waals surface area contributed by atoms with Crippen LogP contribution in [0.4, 0.5) is 5.69 Å². The molecule has 0 amide bonds. The summed E-state index contributed by atoms with van der Waals surface area (Å²) in [7, 11) is -1.72. The predicted octanol–water partition coefficient (Wildman–Crippen LogP) is 1.99. The fourth-order valence-electron chi connectivity index (χ4n) is 1.33. The molecule has 0 unspecified atom stereocenters. The molecule has 4 nitrogen and oxygen atoms in total. The van der Waals surface area contributed by atoms with E-state index in [2.05, 4.69) is 0 Å². The number of ether oxygens (including phenoxy) is 1. The number of anilines is 1. The van der Waals surface area contributed by atoms with Crippen LogP contribution < -0.4 is 10.5 Å². The Morgan fingerprint density at radius 2 is 1.88 bits per heavy atom. The summed E-state index contributed by atoms with van der Waals surface area (Å²) in [5.74, 6) is 0.483. The standard InChI is InChI=1S/C12H19NO3S/c1-12(2,3)17(14,15)8-9-7-10(13)5-6-11(9)16-4/h5-7H,8,13H2,1-4H3. The van der Waals surface area contributed by atoms with E-state index in [0.29, 0.717) is 17.0 Å². The van der Waals surface area contributed by atoms with Gasteiger partial charge in [-0.15, -0.1) is 0 Å². The molecule has 1 aromatic rings. The molecular formula is C12H19NO3S. The number of nitrogens with two attached hydrogens (primary N) is 1. The predicted molar refractivity (Wildman–Crippen MR) is 69.8 cm³/mol. The van der Waals surface area contributed by atoms with Crippen molar-refractivity contribution in [2.45, 2.75) is 31.3 Å². The summed E-state index contributed by atoms with van der Waals surface area (Å²) in [5.41, 5.74) is 6.79. The number of rotatable bonds is 3. The van der Waals surface area contributed by atoms with Crippen LogP contribution in [0.3, 0.4) is 0 Å². The van der Waals surface area contributed by atoms with E-state index in [9.17, 15) is 8.42 Å². The first-order chi connectivity index (χ1) is 7.67. The van der Waals surface area contributed by atoms with Gasteiger partial charge in [-0.2, -0.15) is 0 Å². The zero-order valence-corrected chi connectivity index (χ0v) is 11.5. The number of hydrogen-bond acceptors (Lipinski definition) is 4. The van der Waals surface area contributed by atoms with Gasteiger partial charge in [0, 0.05) is 11.3 Å². The molecule has 0 aliphatic carbocycles. The fourth-order valence-corrected chi connectivity index (χ4v) is 2.40. The van der Waals surface area contributed by atoms with E-state index in [1.807, 2.05) is 0 Å². The fraction of sp³-hybridized carbons (Fsp3) is 0.500. The van der Waals surface area contributed by atoms with E-state index in [1.165, 1.54) is 7.11 Å². The Morgan fingerprint density at radius 1 is 1.29 bits per heavy atom. The van der Waals surface area contributed by atoms with Gasteiger partial charge in [0.2, 0.25) is 0 Å². The largest absolute Gasteiger partial charge is 0.496 e. The van der Waals surface area contributed by atoms with Crippen molar-refractivity contribution in [3.8, 4) is 5.75 Å². The number of hydrogen-bond donors (Lipinski definition) is 1. The molecular weight excluding hydrogens is 238 g/mol. The van der Waals surface area contributed by atoms with Gasteiger partial charge in [-0.25, -0.2) is 8.42 Å². The Balaban J connectivity index is 3.16. The second-order valence-corrected chi connectivity index (χ2v) is 7.69. The van der Waals surface area contributed by atoms with Crippen molar-refractivity contribution in [1.29, 1.82) is 0 Å². The molecule has 0 bridgehead atoms. The lowest BCUT2D eigenvalue weighted by Gasteiger charge is -2.20. The molecule has 17 heavy (non-hydrogen) atoms. The SMILES string of the molecule is COc1ccc(N)cc1CS(=O)(=O)C(C)(C)C. The molecule has 2 N–H and O–H groups in total. The van der Waals surface area contributed by atoms with Gasteiger partial charge >= 0.3 is 0 Å². The molecule has 0 saturated heterocycles. The first-order valence-electron chi connectivity index (χ1n) is 5.32. The normalized spacial score (nSPS) is 12.5. The maximum absolute atomic E-state index is 12.1. The van der Waals surface area contributed by atoms with Gasteiger partial charge in [0.1, 0.15) is 5.75 Å². The highest BCUT2D eigenvalue weighted by molar-refractivity contribution is 7.91. The highest BCUT2D eigenvalue weighted by Crippen LogP contribution is 2.27. The minimum atomic E-state index is -3.24. The van der Waals surface area contributed by atoms with Gasteiger partial charge in [0.15, 0.2) is 9.84 Å². The third-order valence-corrected chi connectivity index (χ3v) is 5.14. The van der Waals surface area contributed by atoms with Crippen molar-refractivity contribution in [1.82, 2.24) is 0 Å². The Bertz CT molecular complexity index is 501. The van der Waals surface area contributed by atoms with Gasteiger partial charge in [-0.3, -0.25) is 0 Å². The molecule has 0 atom stereocenters. The van der Waals surface area contributed by atoms with Crippen LogP contribution in [0.25, 0.3) is 0 Å². The lowest BCUT2D eigenvalue weighted by atomic mass is 10.2. The molecule has 0 aliphatic heterocycles. The summed E-state index contributed by atoms with van der Waals surface area (Å²) in [6.07, 6.45) is 0. The van der Waals surface area contributed by atoms with Crippen molar-refractivity contribution < 1.29 is 13.2 Å². The molecule has 1 aromatic carbocycles. The van der Waals surface area contributed by atoms with Crippen LogP contribution in [0.5, 0.6) is 5.75 Å². The summed E-state index contributed by atoms with van der Waals surface area (Å²) in [5, 5.41) is 0. The average molecular weight is 257 g/mol. The Morgan fingerprint density at radius 3 is 2.35 bits per heavy atom. The van der Waals surface area contributed by atoms with Crippen LogP contribution in [0, 0.1) is 0 Å². The molecule has 0 aromatic heterocycles. The van der Waals surface area contributed by atoms with Crippen molar-refractivity contribution in [3.05, 3.63) is 23.8 Å². The average Bonchev–Trinajstić information content (AvgIpc) is 2.15. The van der Waals surface area contributed by atoms with E-state index < -0.39 is 14.6 Å². The monoisotopic (exact) mass is 257 g/mol. The van der Waals surface area contributed by atoms with Crippen LogP contribution in [0.2, 0.25) is 0 Å². The quantitative estimate of drug-likeness (QED) is 0.841. The summed E-state index contributed by atoms with van der Waals surface area (Å²) in [4.78, 5) is 0. The van der Waals surface area contributed by atoms with Crippen molar-refractivity contribution in [3.63, 3.8) is 0 Å². The van der Waals surface area contributed by atoms with Gasteiger partial charge < -0.3 is 10.5 Å². The topological polar surface area (TPSA) is 69.4 Å². The number of methoxy groups -OCH3 is 1. The van der Waals surface area contributed by atoms with Crippen molar-refractivity contribution in [2.24, 2.45) is 0 Å². The molecule has 5 heteroatoms. The summed E-state index contributed by atoms with van der Waals surface area (Å²) < 4.78 is 28.6. The highest BCUT2D eigenvalue weighted by atomic mass is 32.2. The summed E-state index contributed by atoms with van der Waals surface area (Å²) in [6.45, 7) is 5.04. The highest BCUT2D eigenvalue weighted by Gasteiger charge is 2.29. The summed E-state index contributed by atoms with van der Waals surface area (Å²) >= 11 is 0. The van der Waals surface area contributed by atoms with E-state index in [-0.39, 0.29) is 5.75 Å². The minimum Gasteiger partial charge on any atom is -0.496 e.